The summed E-state index contributed by atoms with van der Waals surface area (Å²) in [4.78, 5) is 8.17. The smallest absolute Gasteiger partial charge is 0.224 e. The third-order valence-corrected chi connectivity index (χ3v) is 4.13. The molecular formula is C15H25FN4O. The number of ether oxygens (including phenoxy) is 1. The van der Waals surface area contributed by atoms with E-state index in [2.05, 4.69) is 41.4 Å². The lowest BCUT2D eigenvalue weighted by atomic mass is 9.64. The van der Waals surface area contributed by atoms with Crippen LogP contribution in [0.1, 0.15) is 40.5 Å². The number of nitrogens with zero attached hydrogens (tertiary/aromatic N) is 2. The van der Waals surface area contributed by atoms with Gasteiger partial charge in [-0.15, -0.1) is 0 Å². The van der Waals surface area contributed by atoms with Gasteiger partial charge in [-0.25, -0.2) is 9.37 Å². The second kappa shape index (κ2) is 6.56. The van der Waals surface area contributed by atoms with Crippen molar-refractivity contribution in [3.8, 4) is 0 Å². The van der Waals surface area contributed by atoms with E-state index < -0.39 is 5.82 Å². The van der Waals surface area contributed by atoms with E-state index in [1.807, 2.05) is 6.92 Å². The maximum absolute atomic E-state index is 13.9. The first-order valence-electron chi connectivity index (χ1n) is 7.63. The minimum absolute atomic E-state index is 0.0373. The zero-order valence-corrected chi connectivity index (χ0v) is 13.2. The molecule has 1 aliphatic carbocycles. The Morgan fingerprint density at radius 2 is 2.19 bits per heavy atom. The topological polar surface area (TPSA) is 59.1 Å². The number of halogens is 1. The van der Waals surface area contributed by atoms with E-state index in [1.54, 1.807) is 0 Å². The minimum atomic E-state index is -0.423. The molecule has 0 saturated heterocycles. The number of hydrogen-bond acceptors (Lipinski definition) is 5. The molecule has 0 spiro atoms. The van der Waals surface area contributed by atoms with Crippen LogP contribution in [0.2, 0.25) is 0 Å². The Morgan fingerprint density at radius 1 is 1.43 bits per heavy atom. The molecule has 1 fully saturated rings. The van der Waals surface area contributed by atoms with Gasteiger partial charge in [0.15, 0.2) is 11.6 Å². The first-order valence-corrected chi connectivity index (χ1v) is 7.63. The lowest BCUT2D eigenvalue weighted by molar-refractivity contribution is -0.0977. The molecule has 0 amide bonds. The molecule has 21 heavy (non-hydrogen) atoms. The van der Waals surface area contributed by atoms with Gasteiger partial charge in [0.2, 0.25) is 5.95 Å². The Bertz CT molecular complexity index is 481. The van der Waals surface area contributed by atoms with Gasteiger partial charge in [0.05, 0.1) is 12.3 Å². The van der Waals surface area contributed by atoms with Crippen LogP contribution in [-0.2, 0) is 4.74 Å². The molecule has 118 valence electrons. The van der Waals surface area contributed by atoms with Crippen LogP contribution in [-0.4, -0.2) is 35.3 Å². The van der Waals surface area contributed by atoms with E-state index in [1.165, 1.54) is 6.20 Å². The van der Waals surface area contributed by atoms with Gasteiger partial charge in [0.1, 0.15) is 0 Å². The molecule has 1 saturated carbocycles. The molecule has 2 unspecified atom stereocenters. The highest BCUT2D eigenvalue weighted by atomic mass is 19.1. The van der Waals surface area contributed by atoms with Crippen LogP contribution in [0.15, 0.2) is 6.20 Å². The fraction of sp³-hybridized carbons (Fsp3) is 0.733. The summed E-state index contributed by atoms with van der Waals surface area (Å²) < 4.78 is 19.6. The molecule has 1 heterocycles. The largest absolute Gasteiger partial charge is 0.378 e. The van der Waals surface area contributed by atoms with E-state index in [-0.39, 0.29) is 23.4 Å². The monoisotopic (exact) mass is 296 g/mol. The average molecular weight is 296 g/mol. The van der Waals surface area contributed by atoms with Gasteiger partial charge in [-0.05, 0) is 19.8 Å². The van der Waals surface area contributed by atoms with E-state index in [9.17, 15) is 4.39 Å². The van der Waals surface area contributed by atoms with E-state index >= 15 is 0 Å². The van der Waals surface area contributed by atoms with Gasteiger partial charge in [0, 0.05) is 24.6 Å². The Labute approximate surface area is 125 Å². The molecule has 1 aromatic rings. The summed E-state index contributed by atoms with van der Waals surface area (Å²) in [6.07, 6.45) is 3.25. The number of anilines is 2. The molecule has 6 heteroatoms. The number of rotatable bonds is 7. The highest BCUT2D eigenvalue weighted by molar-refractivity contribution is 5.43. The van der Waals surface area contributed by atoms with Crippen molar-refractivity contribution in [1.82, 2.24) is 9.97 Å². The molecule has 2 atom stereocenters. The molecule has 2 rings (SSSR count). The second-order valence-electron chi connectivity index (χ2n) is 6.01. The molecule has 0 radical (unpaired) electrons. The van der Waals surface area contributed by atoms with Gasteiger partial charge < -0.3 is 15.4 Å². The Hall–Kier alpha value is -1.43. The second-order valence-corrected chi connectivity index (χ2v) is 6.01. The van der Waals surface area contributed by atoms with E-state index in [0.29, 0.717) is 12.6 Å². The van der Waals surface area contributed by atoms with Crippen molar-refractivity contribution in [2.45, 2.75) is 52.7 Å². The summed E-state index contributed by atoms with van der Waals surface area (Å²) in [6, 6.07) is 0.150. The van der Waals surface area contributed by atoms with Gasteiger partial charge in [0.25, 0.3) is 0 Å². The molecule has 0 aromatic carbocycles. The zero-order valence-electron chi connectivity index (χ0n) is 13.2. The van der Waals surface area contributed by atoms with Crippen molar-refractivity contribution >= 4 is 11.8 Å². The van der Waals surface area contributed by atoms with Crippen LogP contribution in [0.3, 0.4) is 0 Å². The number of nitrogens with one attached hydrogen (secondary N) is 2. The van der Waals surface area contributed by atoms with Crippen LogP contribution in [0.4, 0.5) is 16.2 Å². The quantitative estimate of drug-likeness (QED) is 0.810. The van der Waals surface area contributed by atoms with Crippen molar-refractivity contribution in [2.24, 2.45) is 5.41 Å². The van der Waals surface area contributed by atoms with Crippen molar-refractivity contribution in [3.05, 3.63) is 12.0 Å². The Morgan fingerprint density at radius 3 is 2.81 bits per heavy atom. The highest BCUT2D eigenvalue weighted by Gasteiger charge is 2.49. The third kappa shape index (κ3) is 3.43. The van der Waals surface area contributed by atoms with E-state index in [0.717, 1.165) is 19.4 Å². The standard InChI is InChI=1S/C15H25FN4O/c1-5-7-17-14-18-9-10(16)13(20-14)19-11-8-12(21-6-2)15(11,3)4/h9,11-12H,5-8H2,1-4H3,(H2,17,18,19,20). The molecule has 0 bridgehead atoms. The molecule has 5 nitrogen and oxygen atoms in total. The summed E-state index contributed by atoms with van der Waals surface area (Å²) in [7, 11) is 0. The van der Waals surface area contributed by atoms with Crippen LogP contribution in [0.25, 0.3) is 0 Å². The fourth-order valence-corrected chi connectivity index (χ4v) is 2.57. The van der Waals surface area contributed by atoms with Gasteiger partial charge in [-0.3, -0.25) is 0 Å². The van der Waals surface area contributed by atoms with Crippen molar-refractivity contribution < 1.29 is 9.13 Å². The normalized spacial score (nSPS) is 23.5. The lowest BCUT2D eigenvalue weighted by Crippen LogP contribution is -2.58. The summed E-state index contributed by atoms with van der Waals surface area (Å²) >= 11 is 0. The van der Waals surface area contributed by atoms with Crippen molar-refractivity contribution in [1.29, 1.82) is 0 Å². The maximum Gasteiger partial charge on any atom is 0.224 e. The predicted molar refractivity (Wildman–Crippen MR) is 82.0 cm³/mol. The van der Waals surface area contributed by atoms with Crippen molar-refractivity contribution in [3.63, 3.8) is 0 Å². The molecular weight excluding hydrogens is 271 g/mol. The van der Waals surface area contributed by atoms with Crippen molar-refractivity contribution in [2.75, 3.05) is 23.8 Å². The molecule has 2 N–H and O–H groups in total. The summed E-state index contributed by atoms with van der Waals surface area (Å²) in [5.41, 5.74) is -0.0373. The summed E-state index contributed by atoms with van der Waals surface area (Å²) in [5, 5.41) is 6.26. The molecule has 1 aliphatic rings. The van der Waals surface area contributed by atoms with Crippen LogP contribution in [0, 0.1) is 11.2 Å². The SMILES string of the molecule is CCCNc1ncc(F)c(NC2CC(OCC)C2(C)C)n1. The number of hydrogen-bond donors (Lipinski definition) is 2. The highest BCUT2D eigenvalue weighted by Crippen LogP contribution is 2.44. The first-order chi connectivity index (χ1) is 9.98. The van der Waals surface area contributed by atoms with Gasteiger partial charge in [-0.2, -0.15) is 4.98 Å². The fourth-order valence-electron chi connectivity index (χ4n) is 2.57. The minimum Gasteiger partial charge on any atom is -0.378 e. The predicted octanol–water partition coefficient (Wildman–Crippen LogP) is 3.05. The Balaban J connectivity index is 2.03. The third-order valence-electron chi connectivity index (χ3n) is 4.13. The Kier molecular flexibility index (Phi) is 4.98. The summed E-state index contributed by atoms with van der Waals surface area (Å²) in [5.74, 6) is 0.295. The lowest BCUT2D eigenvalue weighted by Gasteiger charge is -2.51. The first kappa shape index (κ1) is 15.9. The van der Waals surface area contributed by atoms with Gasteiger partial charge >= 0.3 is 0 Å². The van der Waals surface area contributed by atoms with Crippen LogP contribution < -0.4 is 10.6 Å². The molecule has 1 aromatic heterocycles. The molecule has 0 aliphatic heterocycles. The van der Waals surface area contributed by atoms with Gasteiger partial charge in [-0.1, -0.05) is 20.8 Å². The van der Waals surface area contributed by atoms with Crippen LogP contribution >= 0.6 is 0 Å². The zero-order chi connectivity index (χ0) is 15.5. The number of aromatic nitrogens is 2. The maximum atomic E-state index is 13.9. The summed E-state index contributed by atoms with van der Waals surface area (Å²) in [6.45, 7) is 9.78. The van der Waals surface area contributed by atoms with E-state index in [4.69, 9.17) is 4.74 Å². The van der Waals surface area contributed by atoms with Crippen LogP contribution in [0.5, 0.6) is 0 Å². The average Bonchev–Trinajstić information content (AvgIpc) is 2.46.